The van der Waals surface area contributed by atoms with Gasteiger partial charge in [0, 0.05) is 26.2 Å². The van der Waals surface area contributed by atoms with Gasteiger partial charge in [0.1, 0.15) is 0 Å². The van der Waals surface area contributed by atoms with E-state index in [1.807, 2.05) is 17.0 Å². The third kappa shape index (κ3) is 3.33. The fourth-order valence-corrected chi connectivity index (χ4v) is 3.11. The van der Waals surface area contributed by atoms with E-state index in [1.165, 1.54) is 0 Å². The van der Waals surface area contributed by atoms with Crippen LogP contribution in [0.25, 0.3) is 0 Å². The summed E-state index contributed by atoms with van der Waals surface area (Å²) in [6, 6.07) is 5.63. The third-order valence-corrected chi connectivity index (χ3v) is 4.55. The smallest absolute Gasteiger partial charge is 0.231 e. The van der Waals surface area contributed by atoms with Crippen LogP contribution in [0.1, 0.15) is 0 Å². The van der Waals surface area contributed by atoms with Crippen LogP contribution < -0.4 is 9.80 Å². The molecule has 0 N–H and O–H groups in total. The van der Waals surface area contributed by atoms with Crippen molar-refractivity contribution in [2.45, 2.75) is 0 Å². The predicted octanol–water partition coefficient (Wildman–Crippen LogP) is 3.81. The van der Waals surface area contributed by atoms with Gasteiger partial charge in [-0.1, -0.05) is 29.3 Å². The summed E-state index contributed by atoms with van der Waals surface area (Å²) >= 11 is 24.0. The van der Waals surface area contributed by atoms with Crippen molar-refractivity contribution in [2.75, 3.05) is 36.0 Å². The van der Waals surface area contributed by atoms with Gasteiger partial charge in [0.2, 0.25) is 16.5 Å². The zero-order chi connectivity index (χ0) is 15.7. The van der Waals surface area contributed by atoms with E-state index in [1.54, 1.807) is 6.07 Å². The Morgan fingerprint density at radius 3 is 2.00 bits per heavy atom. The van der Waals surface area contributed by atoms with Crippen molar-refractivity contribution in [1.29, 1.82) is 0 Å². The Morgan fingerprint density at radius 1 is 0.773 bits per heavy atom. The molecule has 0 spiro atoms. The molecule has 0 radical (unpaired) electrons. The van der Waals surface area contributed by atoms with E-state index < -0.39 is 0 Å². The van der Waals surface area contributed by atoms with Crippen molar-refractivity contribution in [1.82, 2.24) is 15.0 Å². The molecule has 5 nitrogen and oxygen atoms in total. The third-order valence-electron chi connectivity index (χ3n) is 3.40. The van der Waals surface area contributed by atoms with Crippen LogP contribution in [0.3, 0.4) is 0 Å². The van der Waals surface area contributed by atoms with Crippen LogP contribution in [0, 0.1) is 0 Å². The van der Waals surface area contributed by atoms with Crippen LogP contribution >= 0.6 is 46.4 Å². The van der Waals surface area contributed by atoms with Crippen LogP contribution in [0.2, 0.25) is 20.6 Å². The average Bonchev–Trinajstić information content (AvgIpc) is 2.49. The molecular weight excluding hydrogens is 368 g/mol. The van der Waals surface area contributed by atoms with E-state index in [4.69, 9.17) is 46.4 Å². The minimum atomic E-state index is 0.0929. The van der Waals surface area contributed by atoms with Crippen molar-refractivity contribution in [3.8, 4) is 0 Å². The van der Waals surface area contributed by atoms with Gasteiger partial charge in [-0.05, 0) is 35.3 Å². The molecule has 1 aliphatic heterocycles. The monoisotopic (exact) mass is 377 g/mol. The van der Waals surface area contributed by atoms with Crippen molar-refractivity contribution < 1.29 is 0 Å². The van der Waals surface area contributed by atoms with Gasteiger partial charge in [-0.15, -0.1) is 0 Å². The molecule has 116 valence electrons. The molecule has 2 aromatic rings. The van der Waals surface area contributed by atoms with E-state index >= 15 is 0 Å². The minimum absolute atomic E-state index is 0.0929. The number of anilines is 2. The lowest BCUT2D eigenvalue weighted by Crippen LogP contribution is -2.47. The second-order valence-electron chi connectivity index (χ2n) is 4.72. The molecule has 0 aliphatic carbocycles. The molecular formula is C13H11Cl4N5. The maximum Gasteiger partial charge on any atom is 0.231 e. The summed E-state index contributed by atoms with van der Waals surface area (Å²) in [5, 5.41) is 1.31. The number of aromatic nitrogens is 3. The molecule has 1 aromatic heterocycles. The Kier molecular flexibility index (Phi) is 4.78. The molecule has 1 fully saturated rings. The van der Waals surface area contributed by atoms with E-state index in [0.29, 0.717) is 16.0 Å². The number of benzene rings is 1. The maximum atomic E-state index is 6.27. The molecule has 22 heavy (non-hydrogen) atoms. The van der Waals surface area contributed by atoms with Gasteiger partial charge in [0.15, 0.2) is 0 Å². The number of rotatable bonds is 2. The van der Waals surface area contributed by atoms with Crippen molar-refractivity contribution in [3.63, 3.8) is 0 Å². The van der Waals surface area contributed by atoms with Gasteiger partial charge < -0.3 is 9.80 Å². The molecule has 0 atom stereocenters. The van der Waals surface area contributed by atoms with Gasteiger partial charge in [-0.3, -0.25) is 0 Å². The Balaban J connectivity index is 1.73. The topological polar surface area (TPSA) is 45.2 Å². The quantitative estimate of drug-likeness (QED) is 0.794. The van der Waals surface area contributed by atoms with Gasteiger partial charge in [-0.25, -0.2) is 0 Å². The molecule has 9 heteroatoms. The molecule has 0 bridgehead atoms. The number of nitrogens with zero attached hydrogens (tertiary/aromatic N) is 5. The fraction of sp³-hybridized carbons (Fsp3) is 0.308. The molecule has 2 heterocycles. The largest absolute Gasteiger partial charge is 0.367 e. The number of hydrogen-bond donors (Lipinski definition) is 0. The number of halogens is 4. The summed E-state index contributed by atoms with van der Waals surface area (Å²) in [5.41, 5.74) is 0.931. The first kappa shape index (κ1) is 15.9. The highest BCUT2D eigenvalue weighted by molar-refractivity contribution is 6.43. The van der Waals surface area contributed by atoms with Gasteiger partial charge in [0.25, 0.3) is 0 Å². The van der Waals surface area contributed by atoms with Gasteiger partial charge in [-0.2, -0.15) is 15.0 Å². The first-order valence-electron chi connectivity index (χ1n) is 6.55. The standard InChI is InChI=1S/C13H11Cl4N5/c14-8-2-1-3-9(10(8)15)21-4-6-22(7-5-21)13-19-11(16)18-12(17)20-13/h1-3H,4-7H2. The predicted molar refractivity (Wildman–Crippen MR) is 90.7 cm³/mol. The highest BCUT2D eigenvalue weighted by atomic mass is 35.5. The fourth-order valence-electron chi connectivity index (χ4n) is 2.34. The number of hydrogen-bond acceptors (Lipinski definition) is 5. The first-order valence-corrected chi connectivity index (χ1v) is 8.07. The lowest BCUT2D eigenvalue weighted by Gasteiger charge is -2.36. The second-order valence-corrected chi connectivity index (χ2v) is 6.18. The summed E-state index contributed by atoms with van der Waals surface area (Å²) in [6.45, 7) is 2.97. The Hall–Kier alpha value is -1.01. The summed E-state index contributed by atoms with van der Waals surface area (Å²) in [4.78, 5) is 16.1. The normalized spacial score (nSPS) is 15.3. The lowest BCUT2D eigenvalue weighted by molar-refractivity contribution is 0.638. The summed E-state index contributed by atoms with van der Waals surface area (Å²) in [5.74, 6) is 0.488. The number of piperazine rings is 1. The summed E-state index contributed by atoms with van der Waals surface area (Å²) < 4.78 is 0. The summed E-state index contributed by atoms with van der Waals surface area (Å²) in [6.07, 6.45) is 0. The van der Waals surface area contributed by atoms with Crippen LogP contribution in [-0.4, -0.2) is 41.1 Å². The molecule has 1 aliphatic rings. The average molecular weight is 379 g/mol. The zero-order valence-electron chi connectivity index (χ0n) is 11.3. The van der Waals surface area contributed by atoms with Crippen LogP contribution in [0.5, 0.6) is 0 Å². The Labute approximate surface area is 147 Å². The Morgan fingerprint density at radius 2 is 1.36 bits per heavy atom. The van der Waals surface area contributed by atoms with Crippen LogP contribution in [0.4, 0.5) is 11.6 Å². The highest BCUT2D eigenvalue weighted by Gasteiger charge is 2.22. The van der Waals surface area contributed by atoms with Crippen LogP contribution in [0.15, 0.2) is 18.2 Å². The molecule has 1 aromatic carbocycles. The Bertz CT molecular complexity index is 668. The highest BCUT2D eigenvalue weighted by Crippen LogP contribution is 2.33. The van der Waals surface area contributed by atoms with E-state index in [9.17, 15) is 0 Å². The molecule has 0 amide bonds. The van der Waals surface area contributed by atoms with Gasteiger partial charge >= 0.3 is 0 Å². The second kappa shape index (κ2) is 6.62. The van der Waals surface area contributed by atoms with E-state index in [0.717, 1.165) is 31.9 Å². The molecule has 0 saturated carbocycles. The van der Waals surface area contributed by atoms with Crippen molar-refractivity contribution >= 4 is 58.0 Å². The van der Waals surface area contributed by atoms with E-state index in [-0.39, 0.29) is 10.6 Å². The molecule has 3 rings (SSSR count). The minimum Gasteiger partial charge on any atom is -0.367 e. The van der Waals surface area contributed by atoms with Crippen LogP contribution in [-0.2, 0) is 0 Å². The maximum absolute atomic E-state index is 6.27. The first-order chi connectivity index (χ1) is 10.5. The summed E-state index contributed by atoms with van der Waals surface area (Å²) in [7, 11) is 0. The van der Waals surface area contributed by atoms with Gasteiger partial charge in [0.05, 0.1) is 15.7 Å². The lowest BCUT2D eigenvalue weighted by atomic mass is 10.2. The molecule has 1 saturated heterocycles. The van der Waals surface area contributed by atoms with Crippen molar-refractivity contribution in [3.05, 3.63) is 38.8 Å². The van der Waals surface area contributed by atoms with E-state index in [2.05, 4.69) is 19.9 Å². The van der Waals surface area contributed by atoms with Crippen molar-refractivity contribution in [2.24, 2.45) is 0 Å². The zero-order valence-corrected chi connectivity index (χ0v) is 14.3. The molecule has 0 unspecified atom stereocenters. The SMILES string of the molecule is Clc1nc(Cl)nc(N2CCN(c3cccc(Cl)c3Cl)CC2)n1.